The monoisotopic (exact) mass is 374 g/mol. The fourth-order valence-corrected chi connectivity index (χ4v) is 3.28. The Morgan fingerprint density at radius 1 is 0.964 bits per heavy atom. The van der Waals surface area contributed by atoms with Crippen molar-refractivity contribution >= 4 is 17.4 Å². The largest absolute Gasteiger partial charge is 0.383 e. The molecule has 4 rings (SSSR count). The summed E-state index contributed by atoms with van der Waals surface area (Å²) < 4.78 is 0. The van der Waals surface area contributed by atoms with Crippen molar-refractivity contribution < 1.29 is 4.79 Å². The molecule has 0 atom stereocenters. The number of hydrogen-bond donors (Lipinski definition) is 2. The smallest absolute Gasteiger partial charge is 0.250 e. The molecule has 0 aliphatic carbocycles. The van der Waals surface area contributed by atoms with Crippen LogP contribution in [0.5, 0.6) is 0 Å². The van der Waals surface area contributed by atoms with E-state index in [0.717, 1.165) is 35.5 Å². The first-order valence-electron chi connectivity index (χ1n) is 9.47. The fourth-order valence-electron chi connectivity index (χ4n) is 3.28. The van der Waals surface area contributed by atoms with E-state index in [0.29, 0.717) is 11.4 Å². The number of aryl methyl sites for hydroxylation is 1. The third kappa shape index (κ3) is 4.68. The molecule has 1 aromatic heterocycles. The summed E-state index contributed by atoms with van der Waals surface area (Å²) in [5.41, 5.74) is 15.7. The highest BCUT2D eigenvalue weighted by Gasteiger charge is 2.18. The van der Waals surface area contributed by atoms with E-state index in [-0.39, 0.29) is 5.91 Å². The van der Waals surface area contributed by atoms with Crippen LogP contribution in [0.1, 0.15) is 28.8 Å². The Balaban J connectivity index is 0.000000236. The average Bonchev–Trinajstić information content (AvgIpc) is 3.26. The Morgan fingerprint density at radius 3 is 2.25 bits per heavy atom. The van der Waals surface area contributed by atoms with Crippen LogP contribution in [0.2, 0.25) is 0 Å². The van der Waals surface area contributed by atoms with Crippen LogP contribution >= 0.6 is 0 Å². The normalized spacial score (nSPS) is 13.0. The number of primary amides is 1. The van der Waals surface area contributed by atoms with E-state index in [1.54, 1.807) is 6.20 Å². The maximum atomic E-state index is 11.8. The first kappa shape index (κ1) is 19.4. The second-order valence-electron chi connectivity index (χ2n) is 6.86. The fraction of sp³-hybridized carbons (Fsp3) is 0.217. The summed E-state index contributed by atoms with van der Waals surface area (Å²) in [5.74, 6) is 0.261. The van der Waals surface area contributed by atoms with Gasteiger partial charge in [0.25, 0.3) is 5.91 Å². The number of benzene rings is 2. The molecule has 144 valence electrons. The van der Waals surface area contributed by atoms with E-state index in [2.05, 4.69) is 16.0 Å². The topological polar surface area (TPSA) is 85.2 Å². The molecule has 1 aliphatic rings. The van der Waals surface area contributed by atoms with Gasteiger partial charge in [-0.2, -0.15) is 0 Å². The van der Waals surface area contributed by atoms with E-state index in [1.165, 1.54) is 12.8 Å². The Hall–Kier alpha value is -3.34. The molecule has 0 unspecified atom stereocenters. The molecule has 1 amide bonds. The van der Waals surface area contributed by atoms with Gasteiger partial charge in [0.05, 0.1) is 5.56 Å². The number of nitrogens with zero attached hydrogens (tertiary/aromatic N) is 2. The molecule has 1 aliphatic heterocycles. The maximum Gasteiger partial charge on any atom is 0.250 e. The van der Waals surface area contributed by atoms with E-state index in [9.17, 15) is 4.79 Å². The summed E-state index contributed by atoms with van der Waals surface area (Å²) >= 11 is 0. The van der Waals surface area contributed by atoms with Crippen LogP contribution in [-0.4, -0.2) is 24.0 Å². The van der Waals surface area contributed by atoms with Crippen molar-refractivity contribution in [2.75, 3.05) is 23.7 Å². The Labute approximate surface area is 166 Å². The molecule has 3 aromatic rings. The van der Waals surface area contributed by atoms with E-state index < -0.39 is 0 Å². The molecule has 0 spiro atoms. The molecule has 2 aromatic carbocycles. The zero-order valence-corrected chi connectivity index (χ0v) is 16.1. The van der Waals surface area contributed by atoms with Gasteiger partial charge in [-0.25, -0.2) is 4.98 Å². The van der Waals surface area contributed by atoms with Gasteiger partial charge in [-0.05, 0) is 54.7 Å². The van der Waals surface area contributed by atoms with E-state index in [4.69, 9.17) is 11.5 Å². The van der Waals surface area contributed by atoms with Crippen LogP contribution in [0.15, 0.2) is 66.9 Å². The van der Waals surface area contributed by atoms with E-state index >= 15 is 0 Å². The number of rotatable bonds is 3. The third-order valence-corrected chi connectivity index (χ3v) is 4.87. The van der Waals surface area contributed by atoms with Crippen LogP contribution in [-0.2, 0) is 0 Å². The molecule has 5 heteroatoms. The SMILES string of the molecule is Cc1cccnc1N.NC(=O)c1cc(-c2ccccc2)ccc1N1CCCC1. The molecule has 28 heavy (non-hydrogen) atoms. The number of pyridine rings is 1. The minimum absolute atomic E-state index is 0.357. The van der Waals surface area contributed by atoms with Crippen LogP contribution in [0.3, 0.4) is 0 Å². The molecule has 0 bridgehead atoms. The number of anilines is 2. The van der Waals surface area contributed by atoms with Crippen molar-refractivity contribution in [2.24, 2.45) is 5.73 Å². The summed E-state index contributed by atoms with van der Waals surface area (Å²) in [7, 11) is 0. The van der Waals surface area contributed by atoms with Crippen molar-refractivity contribution in [2.45, 2.75) is 19.8 Å². The van der Waals surface area contributed by atoms with Crippen molar-refractivity contribution in [1.29, 1.82) is 0 Å². The highest BCUT2D eigenvalue weighted by atomic mass is 16.1. The van der Waals surface area contributed by atoms with Gasteiger partial charge in [-0.15, -0.1) is 0 Å². The number of hydrogen-bond acceptors (Lipinski definition) is 4. The summed E-state index contributed by atoms with van der Waals surface area (Å²) in [6, 6.07) is 19.8. The van der Waals surface area contributed by atoms with Crippen molar-refractivity contribution in [3.05, 3.63) is 78.0 Å². The van der Waals surface area contributed by atoms with Gasteiger partial charge in [0.15, 0.2) is 0 Å². The molecule has 1 saturated heterocycles. The second-order valence-corrected chi connectivity index (χ2v) is 6.86. The molecule has 1 fully saturated rings. The first-order chi connectivity index (χ1) is 13.6. The number of aromatic nitrogens is 1. The zero-order chi connectivity index (χ0) is 19.9. The Morgan fingerprint density at radius 2 is 1.68 bits per heavy atom. The van der Waals surface area contributed by atoms with Crippen LogP contribution in [0.4, 0.5) is 11.5 Å². The van der Waals surface area contributed by atoms with Gasteiger partial charge < -0.3 is 16.4 Å². The minimum atomic E-state index is -0.357. The highest BCUT2D eigenvalue weighted by molar-refractivity contribution is 6.00. The Bertz CT molecular complexity index is 913. The first-order valence-corrected chi connectivity index (χ1v) is 9.47. The van der Waals surface area contributed by atoms with Gasteiger partial charge in [0, 0.05) is 25.0 Å². The van der Waals surface area contributed by atoms with Crippen molar-refractivity contribution in [3.63, 3.8) is 0 Å². The third-order valence-electron chi connectivity index (χ3n) is 4.87. The lowest BCUT2D eigenvalue weighted by Gasteiger charge is -2.21. The number of carbonyl (C=O) groups is 1. The maximum absolute atomic E-state index is 11.8. The summed E-state index contributed by atoms with van der Waals surface area (Å²) in [4.78, 5) is 17.9. The molecule has 2 heterocycles. The van der Waals surface area contributed by atoms with Crippen LogP contribution in [0.25, 0.3) is 11.1 Å². The lowest BCUT2D eigenvalue weighted by Crippen LogP contribution is -2.23. The number of amides is 1. The quantitative estimate of drug-likeness (QED) is 0.725. The summed E-state index contributed by atoms with van der Waals surface area (Å²) in [6.45, 7) is 3.94. The lowest BCUT2D eigenvalue weighted by molar-refractivity contribution is 0.100. The van der Waals surface area contributed by atoms with Gasteiger partial charge in [0.2, 0.25) is 0 Å². The predicted molar refractivity (Wildman–Crippen MR) is 115 cm³/mol. The minimum Gasteiger partial charge on any atom is -0.383 e. The predicted octanol–water partition coefficient (Wildman–Crippen LogP) is 4.02. The molecule has 4 N–H and O–H groups in total. The van der Waals surface area contributed by atoms with Gasteiger partial charge in [0.1, 0.15) is 5.82 Å². The molecule has 0 radical (unpaired) electrons. The zero-order valence-electron chi connectivity index (χ0n) is 16.1. The molecular weight excluding hydrogens is 348 g/mol. The molecule has 0 saturated carbocycles. The Kier molecular flexibility index (Phi) is 6.27. The second kappa shape index (κ2) is 9.04. The average molecular weight is 374 g/mol. The van der Waals surface area contributed by atoms with Crippen molar-refractivity contribution in [3.8, 4) is 11.1 Å². The van der Waals surface area contributed by atoms with Gasteiger partial charge in [-0.1, -0.05) is 42.5 Å². The van der Waals surface area contributed by atoms with E-state index in [1.807, 2.05) is 61.5 Å². The van der Waals surface area contributed by atoms with Gasteiger partial charge >= 0.3 is 0 Å². The standard InChI is InChI=1S/C17H18N2O.C6H8N2/c18-17(20)15-12-14(13-6-2-1-3-7-13)8-9-16(15)19-10-4-5-11-19;1-5-3-2-4-8-6(5)7/h1-3,6-9,12H,4-5,10-11H2,(H2,18,20);2-4H,1H3,(H2,7,8). The molecule has 5 nitrogen and oxygen atoms in total. The van der Waals surface area contributed by atoms with Gasteiger partial charge in [-0.3, -0.25) is 4.79 Å². The van der Waals surface area contributed by atoms with Crippen LogP contribution in [0, 0.1) is 6.92 Å². The lowest BCUT2D eigenvalue weighted by atomic mass is 10.0. The summed E-state index contributed by atoms with van der Waals surface area (Å²) in [6.07, 6.45) is 4.04. The highest BCUT2D eigenvalue weighted by Crippen LogP contribution is 2.29. The number of nitrogens with two attached hydrogens (primary N) is 2. The van der Waals surface area contributed by atoms with Crippen molar-refractivity contribution in [1.82, 2.24) is 4.98 Å². The molecular formula is C23H26N4O. The van der Waals surface area contributed by atoms with Crippen LogP contribution < -0.4 is 16.4 Å². The number of nitrogen functional groups attached to an aromatic ring is 1. The number of carbonyl (C=O) groups excluding carboxylic acids is 1. The summed E-state index contributed by atoms with van der Waals surface area (Å²) in [5, 5.41) is 0.